The van der Waals surface area contributed by atoms with Gasteiger partial charge in [-0.1, -0.05) is 60.1 Å². The third-order valence-corrected chi connectivity index (χ3v) is 6.76. The van der Waals surface area contributed by atoms with E-state index in [4.69, 9.17) is 9.51 Å². The molecule has 33 heavy (non-hydrogen) atoms. The van der Waals surface area contributed by atoms with Gasteiger partial charge >= 0.3 is 6.03 Å². The zero-order valence-electron chi connectivity index (χ0n) is 18.7. The first-order valence-electron chi connectivity index (χ1n) is 10.9. The van der Waals surface area contributed by atoms with Gasteiger partial charge in [-0.25, -0.2) is 4.79 Å². The lowest BCUT2D eigenvalue weighted by atomic mass is 9.94. The minimum Gasteiger partial charge on any atom is -0.334 e. The largest absolute Gasteiger partial charge is 0.334 e. The molecule has 2 amide bonds. The van der Waals surface area contributed by atoms with Crippen LogP contribution < -0.4 is 10.2 Å². The van der Waals surface area contributed by atoms with Crippen LogP contribution in [0.15, 0.2) is 76.3 Å². The van der Waals surface area contributed by atoms with E-state index in [0.29, 0.717) is 11.7 Å². The van der Waals surface area contributed by atoms with Gasteiger partial charge in [0.25, 0.3) is 5.89 Å². The number of thiophene rings is 1. The second kappa shape index (κ2) is 8.67. The zero-order valence-corrected chi connectivity index (χ0v) is 19.5. The van der Waals surface area contributed by atoms with Crippen molar-refractivity contribution in [3.05, 3.63) is 94.3 Å². The summed E-state index contributed by atoms with van der Waals surface area (Å²) in [6.07, 6.45) is 0.940. The van der Waals surface area contributed by atoms with Crippen LogP contribution in [-0.4, -0.2) is 16.2 Å². The van der Waals surface area contributed by atoms with E-state index in [2.05, 4.69) is 17.4 Å². The third-order valence-electron chi connectivity index (χ3n) is 5.90. The van der Waals surface area contributed by atoms with Gasteiger partial charge < -0.3 is 9.84 Å². The van der Waals surface area contributed by atoms with E-state index < -0.39 is 6.04 Å². The predicted octanol–water partition coefficient (Wildman–Crippen LogP) is 6.37. The van der Waals surface area contributed by atoms with Gasteiger partial charge in [0.1, 0.15) is 0 Å². The van der Waals surface area contributed by atoms with Crippen LogP contribution in [0.3, 0.4) is 0 Å². The molecule has 1 N–H and O–H groups in total. The number of carbonyl (C=O) groups excluding carboxylic acids is 1. The number of benzene rings is 2. The number of amides is 2. The molecule has 6 nitrogen and oxygen atoms in total. The fourth-order valence-corrected chi connectivity index (χ4v) is 4.71. The molecular weight excluding hydrogens is 432 g/mol. The van der Waals surface area contributed by atoms with E-state index in [1.807, 2.05) is 79.9 Å². The predicted molar refractivity (Wildman–Crippen MR) is 131 cm³/mol. The number of anilines is 1. The van der Waals surface area contributed by atoms with E-state index in [1.165, 1.54) is 5.56 Å². The fraction of sp³-hybridized carbons (Fsp3) is 0.192. The Morgan fingerprint density at radius 1 is 1.06 bits per heavy atom. The average Bonchev–Trinajstić information content (AvgIpc) is 3.52. The van der Waals surface area contributed by atoms with Crippen LogP contribution >= 0.6 is 11.3 Å². The molecule has 0 spiro atoms. The summed E-state index contributed by atoms with van der Waals surface area (Å²) < 4.78 is 5.74. The maximum Gasteiger partial charge on any atom is 0.326 e. The molecule has 1 unspecified atom stereocenters. The maximum absolute atomic E-state index is 13.3. The first-order chi connectivity index (χ1) is 16.0. The number of aromatic nitrogens is 2. The molecule has 0 fully saturated rings. The van der Waals surface area contributed by atoms with Crippen LogP contribution in [-0.2, 0) is 6.42 Å². The molecule has 4 aromatic rings. The van der Waals surface area contributed by atoms with E-state index >= 15 is 0 Å². The van der Waals surface area contributed by atoms with Crippen molar-refractivity contribution in [3.8, 4) is 10.7 Å². The summed E-state index contributed by atoms with van der Waals surface area (Å²) in [5, 5.41) is 9.34. The Hall–Kier alpha value is -3.71. The first-order valence-corrected chi connectivity index (χ1v) is 11.8. The number of urea groups is 1. The summed E-state index contributed by atoms with van der Waals surface area (Å²) >= 11 is 1.56. The van der Waals surface area contributed by atoms with Crippen molar-refractivity contribution in [3.63, 3.8) is 0 Å². The second-order valence-electron chi connectivity index (χ2n) is 8.05. The van der Waals surface area contributed by atoms with E-state index in [1.54, 1.807) is 16.2 Å². The molecule has 166 valence electrons. The zero-order chi connectivity index (χ0) is 22.9. The smallest absolute Gasteiger partial charge is 0.326 e. The molecule has 1 aliphatic rings. The number of allylic oxidation sites excluding steroid dienone is 1. The molecule has 0 saturated carbocycles. The van der Waals surface area contributed by atoms with Crippen LogP contribution in [0.1, 0.15) is 42.5 Å². The number of aryl methyl sites for hydroxylation is 2. The van der Waals surface area contributed by atoms with Crippen molar-refractivity contribution in [2.24, 2.45) is 0 Å². The van der Waals surface area contributed by atoms with Gasteiger partial charge in [0.15, 0.2) is 0 Å². The Labute approximate surface area is 196 Å². The van der Waals surface area contributed by atoms with Crippen molar-refractivity contribution in [1.29, 1.82) is 0 Å². The van der Waals surface area contributed by atoms with E-state index in [0.717, 1.165) is 39.4 Å². The van der Waals surface area contributed by atoms with Crippen LogP contribution in [0, 0.1) is 6.92 Å². The molecule has 1 atom stereocenters. The fourth-order valence-electron chi connectivity index (χ4n) is 4.06. The Morgan fingerprint density at radius 2 is 1.82 bits per heavy atom. The number of rotatable bonds is 5. The van der Waals surface area contributed by atoms with Gasteiger partial charge in [0, 0.05) is 5.70 Å². The highest BCUT2D eigenvalue weighted by Crippen LogP contribution is 2.39. The summed E-state index contributed by atoms with van der Waals surface area (Å²) in [7, 11) is 0. The Kier molecular flexibility index (Phi) is 5.56. The topological polar surface area (TPSA) is 71.3 Å². The first kappa shape index (κ1) is 21.2. The molecule has 2 aromatic heterocycles. The normalized spacial score (nSPS) is 16.3. The number of nitrogens with one attached hydrogen (secondary N) is 1. The van der Waals surface area contributed by atoms with Gasteiger partial charge in [0.05, 0.1) is 22.2 Å². The van der Waals surface area contributed by atoms with Crippen LogP contribution in [0.25, 0.3) is 16.3 Å². The van der Waals surface area contributed by atoms with Crippen molar-refractivity contribution in [1.82, 2.24) is 15.5 Å². The number of carbonyl (C=O) groups is 1. The molecule has 3 heterocycles. The van der Waals surface area contributed by atoms with Crippen molar-refractivity contribution < 1.29 is 9.32 Å². The van der Waals surface area contributed by atoms with Gasteiger partial charge in [-0.15, -0.1) is 11.3 Å². The number of nitrogens with zero attached hydrogens (tertiary/aromatic N) is 3. The highest BCUT2D eigenvalue weighted by Gasteiger charge is 2.36. The van der Waals surface area contributed by atoms with Crippen LogP contribution in [0.4, 0.5) is 10.5 Å². The number of hydrogen-bond acceptors (Lipinski definition) is 5. The molecule has 2 aromatic carbocycles. The van der Waals surface area contributed by atoms with Gasteiger partial charge in [-0.3, -0.25) is 4.90 Å². The van der Waals surface area contributed by atoms with Gasteiger partial charge in [0.2, 0.25) is 5.82 Å². The molecule has 7 heteroatoms. The standard InChI is InChI=1S/C26H24N4O2S/c1-4-18-9-13-20(14-10-18)30-17(3)22(25-28-24(29-32-25)21-6-5-15-33-21)23(27-26(30)31)19-11-7-16(2)8-12-19/h5-15,23H,4H2,1-3H3,(H,27,31). The van der Waals surface area contributed by atoms with E-state index in [-0.39, 0.29) is 6.03 Å². The van der Waals surface area contributed by atoms with Crippen LogP contribution in [0.5, 0.6) is 0 Å². The molecule has 0 saturated heterocycles. The minimum absolute atomic E-state index is 0.191. The Morgan fingerprint density at radius 3 is 2.48 bits per heavy atom. The number of hydrogen-bond donors (Lipinski definition) is 1. The van der Waals surface area contributed by atoms with Crippen molar-refractivity contribution in [2.75, 3.05) is 4.90 Å². The van der Waals surface area contributed by atoms with Gasteiger partial charge in [-0.05, 0) is 55.0 Å². The monoisotopic (exact) mass is 456 g/mol. The molecule has 1 aliphatic heterocycles. The highest BCUT2D eigenvalue weighted by atomic mass is 32.1. The summed E-state index contributed by atoms with van der Waals surface area (Å²) in [6.45, 7) is 6.08. The van der Waals surface area contributed by atoms with Crippen LogP contribution in [0.2, 0.25) is 0 Å². The van der Waals surface area contributed by atoms with Gasteiger partial charge in [-0.2, -0.15) is 4.98 Å². The summed E-state index contributed by atoms with van der Waals surface area (Å²) in [6, 6.07) is 19.5. The molecule has 0 aliphatic carbocycles. The Bertz CT molecular complexity index is 1310. The van der Waals surface area contributed by atoms with E-state index in [9.17, 15) is 4.79 Å². The summed E-state index contributed by atoms with van der Waals surface area (Å²) in [4.78, 5) is 20.6. The highest BCUT2D eigenvalue weighted by molar-refractivity contribution is 7.13. The maximum atomic E-state index is 13.3. The third kappa shape index (κ3) is 3.96. The summed E-state index contributed by atoms with van der Waals surface area (Å²) in [5.74, 6) is 0.940. The lowest BCUT2D eigenvalue weighted by Crippen LogP contribution is -2.46. The summed E-state index contributed by atoms with van der Waals surface area (Å²) in [5.41, 5.74) is 5.66. The van der Waals surface area contributed by atoms with Crippen molar-refractivity contribution in [2.45, 2.75) is 33.2 Å². The molecule has 5 rings (SSSR count). The Balaban J connectivity index is 1.64. The lowest BCUT2D eigenvalue weighted by molar-refractivity contribution is 0.244. The quantitative estimate of drug-likeness (QED) is 0.379. The SMILES string of the molecule is CCc1ccc(N2C(=O)NC(c3ccc(C)cc3)C(c3nc(-c4cccs4)no3)=C2C)cc1. The molecular formula is C26H24N4O2S. The van der Waals surface area contributed by atoms with Crippen molar-refractivity contribution >= 4 is 28.6 Å². The lowest BCUT2D eigenvalue weighted by Gasteiger charge is -2.35. The molecule has 0 radical (unpaired) electrons. The second-order valence-corrected chi connectivity index (χ2v) is 9.00. The molecule has 0 bridgehead atoms. The minimum atomic E-state index is -0.402. The average molecular weight is 457 g/mol.